The van der Waals surface area contributed by atoms with Crippen molar-refractivity contribution < 1.29 is 24.3 Å². The third kappa shape index (κ3) is 22.0. The summed E-state index contributed by atoms with van der Waals surface area (Å²) in [5, 5.41) is 12.0. The van der Waals surface area contributed by atoms with Crippen molar-refractivity contribution in [1.82, 2.24) is 5.32 Å². The van der Waals surface area contributed by atoms with E-state index in [9.17, 15) is 24.3 Å². The summed E-state index contributed by atoms with van der Waals surface area (Å²) in [5.41, 5.74) is 11.3. The number of rotatable bonds is 30. The van der Waals surface area contributed by atoms with E-state index in [-0.39, 0.29) is 18.7 Å². The number of aldehydes is 1. The summed E-state index contributed by atoms with van der Waals surface area (Å²) in [6.07, 6.45) is 25.0. The summed E-state index contributed by atoms with van der Waals surface area (Å²) >= 11 is 0. The molecule has 40 heavy (non-hydrogen) atoms. The van der Waals surface area contributed by atoms with Crippen molar-refractivity contribution in [3.8, 4) is 0 Å². The second-order valence-corrected chi connectivity index (χ2v) is 11.5. The van der Waals surface area contributed by atoms with Crippen LogP contribution in [0.5, 0.6) is 0 Å². The van der Waals surface area contributed by atoms with Crippen LogP contribution >= 0.6 is 0 Å². The number of unbranched alkanes of at least 4 members (excludes halogenated alkanes) is 18. The van der Waals surface area contributed by atoms with Crippen LogP contribution in [0.3, 0.4) is 0 Å². The van der Waals surface area contributed by atoms with Crippen molar-refractivity contribution in [2.75, 3.05) is 6.54 Å². The first-order chi connectivity index (χ1) is 19.4. The zero-order chi connectivity index (χ0) is 29.8. The van der Waals surface area contributed by atoms with Crippen LogP contribution in [-0.4, -0.2) is 47.7 Å². The highest BCUT2D eigenvalue weighted by molar-refractivity contribution is 5.97. The van der Waals surface area contributed by atoms with Crippen molar-refractivity contribution in [1.29, 1.82) is 0 Å². The summed E-state index contributed by atoms with van der Waals surface area (Å²) in [7, 11) is 0. The van der Waals surface area contributed by atoms with E-state index in [1.54, 1.807) is 0 Å². The molecule has 0 aromatic heterocycles. The first-order valence-electron chi connectivity index (χ1n) is 16.3. The third-order valence-electron chi connectivity index (χ3n) is 7.74. The molecule has 1 amide bonds. The van der Waals surface area contributed by atoms with Gasteiger partial charge in [-0.15, -0.1) is 0 Å². The molecule has 0 aliphatic heterocycles. The van der Waals surface area contributed by atoms with Gasteiger partial charge < -0.3 is 26.7 Å². The average Bonchev–Trinajstić information content (AvgIpc) is 2.94. The second kappa shape index (κ2) is 27.4. The number of nitrogens with one attached hydrogen (secondary N) is 1. The van der Waals surface area contributed by atoms with Gasteiger partial charge in [0.05, 0.1) is 12.0 Å². The van der Waals surface area contributed by atoms with Gasteiger partial charge in [0.15, 0.2) is 5.78 Å². The molecule has 0 saturated carbocycles. The fourth-order valence-corrected chi connectivity index (χ4v) is 5.09. The highest BCUT2D eigenvalue weighted by Gasteiger charge is 2.30. The Morgan fingerprint density at radius 1 is 0.725 bits per heavy atom. The van der Waals surface area contributed by atoms with Gasteiger partial charge in [0.25, 0.3) is 0 Å². The van der Waals surface area contributed by atoms with Gasteiger partial charge in [-0.05, 0) is 32.2 Å². The quantitative estimate of drug-likeness (QED) is 0.0457. The van der Waals surface area contributed by atoms with E-state index >= 15 is 0 Å². The molecule has 0 aromatic carbocycles. The van der Waals surface area contributed by atoms with Crippen molar-refractivity contribution in [2.24, 2.45) is 17.4 Å². The lowest BCUT2D eigenvalue weighted by molar-refractivity contribution is -0.143. The first kappa shape index (κ1) is 38.2. The molecule has 1 unspecified atom stereocenters. The number of ketones is 1. The van der Waals surface area contributed by atoms with Crippen LogP contribution in [-0.2, 0) is 19.2 Å². The summed E-state index contributed by atoms with van der Waals surface area (Å²) in [6.45, 7) is 2.75. The summed E-state index contributed by atoms with van der Waals surface area (Å²) in [6, 6.07) is -2.13. The average molecular weight is 568 g/mol. The number of carbonyl (C=O) groups is 4. The summed E-state index contributed by atoms with van der Waals surface area (Å²) in [5.74, 6) is -3.27. The normalized spacial score (nSPS) is 13.5. The molecule has 8 nitrogen and oxygen atoms in total. The molecular weight excluding hydrogens is 506 g/mol. The monoisotopic (exact) mass is 567 g/mol. The summed E-state index contributed by atoms with van der Waals surface area (Å²) in [4.78, 5) is 47.9. The van der Waals surface area contributed by atoms with E-state index in [1.807, 2.05) is 0 Å². The zero-order valence-electron chi connectivity index (χ0n) is 25.5. The highest BCUT2D eigenvalue weighted by Crippen LogP contribution is 2.15. The number of carboxylic acid groups (broad SMARTS) is 1. The highest BCUT2D eigenvalue weighted by atomic mass is 16.4. The van der Waals surface area contributed by atoms with Gasteiger partial charge in [0, 0.05) is 6.42 Å². The van der Waals surface area contributed by atoms with Crippen LogP contribution in [0.25, 0.3) is 0 Å². The molecule has 0 rings (SSSR count). The van der Waals surface area contributed by atoms with Crippen LogP contribution in [0.1, 0.15) is 155 Å². The Labute approximate surface area is 244 Å². The molecule has 6 N–H and O–H groups in total. The van der Waals surface area contributed by atoms with Gasteiger partial charge in [-0.25, -0.2) is 4.79 Å². The molecule has 234 valence electrons. The number of hydrogen-bond donors (Lipinski definition) is 4. The Balaban J connectivity index is 3.87. The van der Waals surface area contributed by atoms with Crippen molar-refractivity contribution in [2.45, 2.75) is 167 Å². The predicted octanol–water partition coefficient (Wildman–Crippen LogP) is 6.22. The number of carbonyl (C=O) groups excluding carboxylic acids is 3. The topological polar surface area (TPSA) is 153 Å². The number of Topliss-reactive ketones (excluding diaryl/α,β-unsaturated/α-hetero) is 1. The molecule has 0 bridgehead atoms. The van der Waals surface area contributed by atoms with Crippen LogP contribution in [0.4, 0.5) is 0 Å². The van der Waals surface area contributed by atoms with Crippen LogP contribution in [0.2, 0.25) is 0 Å². The van der Waals surface area contributed by atoms with E-state index in [2.05, 4.69) is 12.2 Å². The standard InChI is InChI=1S/C32H61N3O5/c1-2-3-4-5-6-7-8-9-10-11-12-13-14-15-16-17-18-19-23-30(37)35-29(32(39)40)25-27(26-36)31(38)28(34)22-20-21-24-33/h26-29H,2-25,33-34H2,1H3,(H,35,37)(H,39,40)/t27?,28-,29-/m0/s1. The largest absolute Gasteiger partial charge is 0.480 e. The number of amides is 1. The minimum atomic E-state index is -1.29. The Morgan fingerprint density at radius 3 is 1.57 bits per heavy atom. The van der Waals surface area contributed by atoms with Crippen LogP contribution in [0.15, 0.2) is 0 Å². The Kier molecular flexibility index (Phi) is 26.1. The lowest BCUT2D eigenvalue weighted by Gasteiger charge is -2.20. The minimum absolute atomic E-state index is 0.237. The van der Waals surface area contributed by atoms with Gasteiger partial charge in [-0.2, -0.15) is 0 Å². The summed E-state index contributed by atoms with van der Waals surface area (Å²) < 4.78 is 0. The number of aliphatic carboxylic acids is 1. The fourth-order valence-electron chi connectivity index (χ4n) is 5.09. The van der Waals surface area contributed by atoms with Crippen molar-refractivity contribution in [3.05, 3.63) is 0 Å². The molecule has 0 spiro atoms. The van der Waals surface area contributed by atoms with E-state index in [0.29, 0.717) is 32.1 Å². The molecule has 0 fully saturated rings. The molecule has 0 aliphatic carbocycles. The van der Waals surface area contributed by atoms with E-state index in [0.717, 1.165) is 25.7 Å². The lowest BCUT2D eigenvalue weighted by Crippen LogP contribution is -2.45. The molecule has 0 aromatic rings. The predicted molar refractivity (Wildman–Crippen MR) is 163 cm³/mol. The molecule has 3 atom stereocenters. The molecule has 0 radical (unpaired) electrons. The number of nitrogens with two attached hydrogens (primary N) is 2. The first-order valence-corrected chi connectivity index (χ1v) is 16.3. The van der Waals surface area contributed by atoms with Crippen LogP contribution in [0, 0.1) is 5.92 Å². The maximum Gasteiger partial charge on any atom is 0.326 e. The Bertz CT molecular complexity index is 658. The second-order valence-electron chi connectivity index (χ2n) is 11.5. The van der Waals surface area contributed by atoms with Gasteiger partial charge >= 0.3 is 5.97 Å². The molecule has 0 heterocycles. The van der Waals surface area contributed by atoms with Gasteiger partial charge in [0.1, 0.15) is 12.3 Å². The van der Waals surface area contributed by atoms with E-state index < -0.39 is 29.8 Å². The molecular formula is C32H61N3O5. The van der Waals surface area contributed by atoms with Gasteiger partial charge in [-0.3, -0.25) is 9.59 Å². The minimum Gasteiger partial charge on any atom is -0.480 e. The zero-order valence-corrected chi connectivity index (χ0v) is 25.5. The number of hydrogen-bond acceptors (Lipinski definition) is 6. The Morgan fingerprint density at radius 2 is 1.18 bits per heavy atom. The lowest BCUT2D eigenvalue weighted by atomic mass is 9.90. The maximum atomic E-state index is 12.5. The number of carboxylic acids is 1. The third-order valence-corrected chi connectivity index (χ3v) is 7.74. The fraction of sp³-hybridized carbons (Fsp3) is 0.875. The molecule has 0 aliphatic rings. The van der Waals surface area contributed by atoms with E-state index in [4.69, 9.17) is 11.5 Å². The molecule has 0 saturated heterocycles. The smallest absolute Gasteiger partial charge is 0.326 e. The van der Waals surface area contributed by atoms with Crippen molar-refractivity contribution in [3.63, 3.8) is 0 Å². The van der Waals surface area contributed by atoms with Crippen molar-refractivity contribution >= 4 is 23.9 Å². The molecule has 8 heteroatoms. The van der Waals surface area contributed by atoms with E-state index in [1.165, 1.54) is 89.9 Å². The van der Waals surface area contributed by atoms with Gasteiger partial charge in [0.2, 0.25) is 5.91 Å². The maximum absolute atomic E-state index is 12.5. The van der Waals surface area contributed by atoms with Crippen LogP contribution < -0.4 is 16.8 Å². The SMILES string of the molecule is CCCCCCCCCCCCCCCCCCCCC(=O)N[C@@H](CC(C=O)C(=O)[C@@H](N)CCCCN)C(=O)O. The van der Waals surface area contributed by atoms with Gasteiger partial charge in [-0.1, -0.05) is 122 Å². The Hall–Kier alpha value is -1.80.